The Kier molecular flexibility index (Phi) is 5.74. The first-order valence-corrected chi connectivity index (χ1v) is 9.64. The number of hydrogen-bond donors (Lipinski definition) is 1. The highest BCUT2D eigenvalue weighted by Crippen LogP contribution is 2.27. The maximum absolute atomic E-state index is 14.6. The van der Waals surface area contributed by atoms with Crippen LogP contribution in [0.25, 0.3) is 11.3 Å². The lowest BCUT2D eigenvalue weighted by Gasteiger charge is -2.28. The van der Waals surface area contributed by atoms with Crippen LogP contribution in [0.15, 0.2) is 60.8 Å². The number of rotatable bonds is 4. The van der Waals surface area contributed by atoms with E-state index in [-0.39, 0.29) is 5.56 Å². The summed E-state index contributed by atoms with van der Waals surface area (Å²) in [4.78, 5) is 18.9. The molecule has 1 fully saturated rings. The number of aromatic nitrogens is 1. The Bertz CT molecular complexity index is 1020. The molecule has 0 bridgehead atoms. The average molecular weight is 412 g/mol. The van der Waals surface area contributed by atoms with Crippen LogP contribution in [-0.4, -0.2) is 37.2 Å². The standard InChI is InChI=1S/C22H19ClFN3O2/c23-19-2-1-9-25-21(19)15-3-8-18(20(24)14-15)22(28)26-16-4-6-17(7-5-16)27-10-12-29-13-11-27/h1-9,14H,10-13H2,(H,26,28). The molecule has 7 heteroatoms. The Hall–Kier alpha value is -2.96. The minimum absolute atomic E-state index is 0.0435. The summed E-state index contributed by atoms with van der Waals surface area (Å²) in [5, 5.41) is 3.16. The summed E-state index contributed by atoms with van der Waals surface area (Å²) >= 11 is 6.11. The smallest absolute Gasteiger partial charge is 0.258 e. The lowest BCUT2D eigenvalue weighted by Crippen LogP contribution is -2.36. The van der Waals surface area contributed by atoms with Crippen LogP contribution >= 0.6 is 11.6 Å². The molecule has 1 amide bonds. The highest BCUT2D eigenvalue weighted by Gasteiger charge is 2.15. The predicted octanol–water partition coefficient (Wildman–Crippen LogP) is 4.63. The summed E-state index contributed by atoms with van der Waals surface area (Å²) in [6.45, 7) is 3.09. The number of morpholine rings is 1. The van der Waals surface area contributed by atoms with E-state index in [1.807, 2.05) is 24.3 Å². The molecule has 0 spiro atoms. The number of pyridine rings is 1. The molecule has 148 valence electrons. The summed E-state index contributed by atoms with van der Waals surface area (Å²) in [6.07, 6.45) is 1.58. The van der Waals surface area contributed by atoms with Crippen LogP contribution in [0, 0.1) is 5.82 Å². The molecule has 0 aliphatic carbocycles. The third-order valence-corrected chi connectivity index (χ3v) is 5.05. The van der Waals surface area contributed by atoms with Gasteiger partial charge in [-0.15, -0.1) is 0 Å². The van der Waals surface area contributed by atoms with Gasteiger partial charge in [0.2, 0.25) is 0 Å². The minimum atomic E-state index is -0.633. The normalized spacial score (nSPS) is 13.9. The van der Waals surface area contributed by atoms with Gasteiger partial charge in [-0.05, 0) is 48.5 Å². The molecule has 0 atom stereocenters. The van der Waals surface area contributed by atoms with Gasteiger partial charge in [0.15, 0.2) is 0 Å². The van der Waals surface area contributed by atoms with Crippen molar-refractivity contribution < 1.29 is 13.9 Å². The first kappa shape index (κ1) is 19.4. The number of nitrogens with zero attached hydrogens (tertiary/aromatic N) is 2. The summed E-state index contributed by atoms with van der Waals surface area (Å²) in [7, 11) is 0. The van der Waals surface area contributed by atoms with Crippen molar-refractivity contribution in [1.29, 1.82) is 0 Å². The molecule has 1 saturated heterocycles. The molecule has 4 rings (SSSR count). The molecule has 3 aromatic rings. The second-order valence-corrected chi connectivity index (χ2v) is 7.04. The Labute approximate surface area is 173 Å². The monoisotopic (exact) mass is 411 g/mol. The van der Waals surface area contributed by atoms with E-state index in [0.717, 1.165) is 18.8 Å². The Morgan fingerprint density at radius 3 is 2.55 bits per heavy atom. The van der Waals surface area contributed by atoms with Crippen LogP contribution < -0.4 is 10.2 Å². The van der Waals surface area contributed by atoms with Crippen LogP contribution in [-0.2, 0) is 4.74 Å². The molecule has 0 unspecified atom stereocenters. The lowest BCUT2D eigenvalue weighted by atomic mass is 10.1. The van der Waals surface area contributed by atoms with Crippen molar-refractivity contribution >= 4 is 28.9 Å². The largest absolute Gasteiger partial charge is 0.378 e. The number of ether oxygens (including phenoxy) is 1. The lowest BCUT2D eigenvalue weighted by molar-refractivity contribution is 0.102. The highest BCUT2D eigenvalue weighted by atomic mass is 35.5. The fourth-order valence-corrected chi connectivity index (χ4v) is 3.45. The van der Waals surface area contributed by atoms with E-state index in [1.54, 1.807) is 24.4 Å². The van der Waals surface area contributed by atoms with Crippen molar-refractivity contribution in [3.05, 3.63) is 77.2 Å². The molecule has 2 aromatic carbocycles. The van der Waals surface area contributed by atoms with Gasteiger partial charge >= 0.3 is 0 Å². The van der Waals surface area contributed by atoms with Crippen molar-refractivity contribution in [1.82, 2.24) is 4.98 Å². The van der Waals surface area contributed by atoms with Gasteiger partial charge in [-0.25, -0.2) is 4.39 Å². The molecule has 29 heavy (non-hydrogen) atoms. The average Bonchev–Trinajstić information content (AvgIpc) is 2.75. The van der Waals surface area contributed by atoms with Crippen molar-refractivity contribution in [3.8, 4) is 11.3 Å². The zero-order chi connectivity index (χ0) is 20.2. The second kappa shape index (κ2) is 8.59. The van der Waals surface area contributed by atoms with Crippen LogP contribution in [0.4, 0.5) is 15.8 Å². The van der Waals surface area contributed by atoms with E-state index in [4.69, 9.17) is 16.3 Å². The van der Waals surface area contributed by atoms with Gasteiger partial charge in [0.1, 0.15) is 5.82 Å². The molecule has 1 aromatic heterocycles. The van der Waals surface area contributed by atoms with Crippen LogP contribution in [0.3, 0.4) is 0 Å². The predicted molar refractivity (Wildman–Crippen MR) is 112 cm³/mol. The minimum Gasteiger partial charge on any atom is -0.378 e. The van der Waals surface area contributed by atoms with E-state index < -0.39 is 11.7 Å². The third-order valence-electron chi connectivity index (χ3n) is 4.75. The van der Waals surface area contributed by atoms with E-state index in [9.17, 15) is 9.18 Å². The number of carbonyl (C=O) groups excluding carboxylic acids is 1. The SMILES string of the molecule is O=C(Nc1ccc(N2CCOCC2)cc1)c1ccc(-c2ncccc2Cl)cc1F. The number of halogens is 2. The van der Waals surface area contributed by atoms with Gasteiger partial charge < -0.3 is 15.0 Å². The third kappa shape index (κ3) is 4.39. The molecule has 5 nitrogen and oxygen atoms in total. The fourth-order valence-electron chi connectivity index (χ4n) is 3.22. The van der Waals surface area contributed by atoms with Crippen molar-refractivity contribution in [3.63, 3.8) is 0 Å². The van der Waals surface area contributed by atoms with Gasteiger partial charge in [0.25, 0.3) is 5.91 Å². The molecule has 0 saturated carbocycles. The number of benzene rings is 2. The Morgan fingerprint density at radius 1 is 1.10 bits per heavy atom. The van der Waals surface area contributed by atoms with E-state index in [0.29, 0.717) is 35.2 Å². The van der Waals surface area contributed by atoms with E-state index in [1.165, 1.54) is 12.1 Å². The topological polar surface area (TPSA) is 54.5 Å². The van der Waals surface area contributed by atoms with Crippen molar-refractivity contribution in [2.45, 2.75) is 0 Å². The highest BCUT2D eigenvalue weighted by molar-refractivity contribution is 6.33. The summed E-state index contributed by atoms with van der Waals surface area (Å²) in [5.74, 6) is -1.15. The summed E-state index contributed by atoms with van der Waals surface area (Å²) in [6, 6.07) is 15.2. The van der Waals surface area contributed by atoms with Gasteiger partial charge in [0, 0.05) is 36.2 Å². The molecular formula is C22H19ClFN3O2. The Balaban J connectivity index is 1.47. The van der Waals surface area contributed by atoms with Crippen molar-refractivity contribution in [2.24, 2.45) is 0 Å². The fraction of sp³-hybridized carbons (Fsp3) is 0.182. The van der Waals surface area contributed by atoms with Crippen LogP contribution in [0.1, 0.15) is 10.4 Å². The molecule has 0 radical (unpaired) electrons. The second-order valence-electron chi connectivity index (χ2n) is 6.63. The van der Waals surface area contributed by atoms with Crippen molar-refractivity contribution in [2.75, 3.05) is 36.5 Å². The summed E-state index contributed by atoms with van der Waals surface area (Å²) < 4.78 is 19.9. The van der Waals surface area contributed by atoms with Gasteiger partial charge in [-0.2, -0.15) is 0 Å². The first-order chi connectivity index (χ1) is 14.1. The van der Waals surface area contributed by atoms with E-state index in [2.05, 4.69) is 15.2 Å². The van der Waals surface area contributed by atoms with Gasteiger partial charge in [-0.3, -0.25) is 9.78 Å². The molecule has 2 heterocycles. The summed E-state index contributed by atoms with van der Waals surface area (Å²) in [5.41, 5.74) is 2.61. The van der Waals surface area contributed by atoms with Gasteiger partial charge in [0.05, 0.1) is 29.5 Å². The number of carbonyl (C=O) groups is 1. The molecule has 1 N–H and O–H groups in total. The number of nitrogens with one attached hydrogen (secondary N) is 1. The molecular weight excluding hydrogens is 393 g/mol. The molecule has 1 aliphatic heterocycles. The maximum atomic E-state index is 14.6. The van der Waals surface area contributed by atoms with Crippen LogP contribution in [0.2, 0.25) is 5.02 Å². The number of amides is 1. The maximum Gasteiger partial charge on any atom is 0.258 e. The molecule has 1 aliphatic rings. The van der Waals surface area contributed by atoms with Gasteiger partial charge in [-0.1, -0.05) is 17.7 Å². The Morgan fingerprint density at radius 2 is 1.86 bits per heavy atom. The number of anilines is 2. The first-order valence-electron chi connectivity index (χ1n) is 9.26. The van der Waals surface area contributed by atoms with E-state index >= 15 is 0 Å². The quantitative estimate of drug-likeness (QED) is 0.680. The van der Waals surface area contributed by atoms with Crippen LogP contribution in [0.5, 0.6) is 0 Å². The zero-order valence-corrected chi connectivity index (χ0v) is 16.3. The number of hydrogen-bond acceptors (Lipinski definition) is 4. The zero-order valence-electron chi connectivity index (χ0n) is 15.6.